The maximum absolute atomic E-state index is 13.3. The lowest BCUT2D eigenvalue weighted by Gasteiger charge is -2.38. The molecule has 0 aliphatic carbocycles. The van der Waals surface area contributed by atoms with Crippen LogP contribution >= 0.6 is 23.2 Å². The first-order valence-corrected chi connectivity index (χ1v) is 11.0. The third kappa shape index (κ3) is 4.42. The summed E-state index contributed by atoms with van der Waals surface area (Å²) in [4.78, 5) is 29.6. The van der Waals surface area contributed by atoms with Gasteiger partial charge in [0.15, 0.2) is 0 Å². The van der Waals surface area contributed by atoms with E-state index >= 15 is 0 Å². The van der Waals surface area contributed by atoms with E-state index in [1.807, 2.05) is 35.2 Å². The molecule has 1 fully saturated rings. The van der Waals surface area contributed by atoms with Gasteiger partial charge >= 0.3 is 0 Å². The molecule has 162 valence electrons. The van der Waals surface area contributed by atoms with E-state index in [1.165, 1.54) is 0 Å². The van der Waals surface area contributed by atoms with E-state index in [0.29, 0.717) is 49.2 Å². The molecule has 0 radical (unpaired) electrons. The lowest BCUT2D eigenvalue weighted by Crippen LogP contribution is -2.50. The number of rotatable bonds is 5. The highest BCUT2D eigenvalue weighted by Gasteiger charge is 2.29. The van der Waals surface area contributed by atoms with Crippen LogP contribution in [0.3, 0.4) is 0 Å². The Balaban J connectivity index is 1.51. The second-order valence-corrected chi connectivity index (χ2v) is 8.44. The summed E-state index contributed by atoms with van der Waals surface area (Å²) in [7, 11) is 0. The molecule has 4 rings (SSSR count). The quantitative estimate of drug-likeness (QED) is 0.635. The number of pyridine rings is 2. The Morgan fingerprint density at radius 1 is 1.00 bits per heavy atom. The van der Waals surface area contributed by atoms with Gasteiger partial charge in [0.25, 0.3) is 5.56 Å². The van der Waals surface area contributed by atoms with Crippen molar-refractivity contribution >= 4 is 40.3 Å². The number of carbonyl (C=O) groups excluding carboxylic acids is 1. The fourth-order valence-corrected chi connectivity index (χ4v) is 4.45. The molecule has 8 heteroatoms. The Labute approximate surface area is 190 Å². The number of anilines is 1. The van der Waals surface area contributed by atoms with Crippen molar-refractivity contribution in [3.8, 4) is 0 Å². The number of nitrogens with two attached hydrogens (primary N) is 1. The molecule has 1 atom stereocenters. The first kappa shape index (κ1) is 21.7. The maximum Gasteiger partial charge on any atom is 0.255 e. The fraction of sp³-hybridized carbons (Fsp3) is 0.304. The summed E-state index contributed by atoms with van der Waals surface area (Å²) in [6, 6.07) is 14.5. The normalized spacial score (nSPS) is 15.3. The topological polar surface area (TPSA) is 71.1 Å². The van der Waals surface area contributed by atoms with Gasteiger partial charge in [-0.3, -0.25) is 14.0 Å². The molecular weight excluding hydrogens is 435 g/mol. The smallest absolute Gasteiger partial charge is 0.255 e. The molecule has 0 spiro atoms. The van der Waals surface area contributed by atoms with Crippen molar-refractivity contribution < 1.29 is 4.79 Å². The van der Waals surface area contributed by atoms with Gasteiger partial charge in [-0.1, -0.05) is 35.3 Å². The van der Waals surface area contributed by atoms with E-state index in [0.717, 1.165) is 16.8 Å². The summed E-state index contributed by atoms with van der Waals surface area (Å²) in [5, 5.41) is 0.900. The van der Waals surface area contributed by atoms with Crippen LogP contribution in [0.4, 0.5) is 5.69 Å². The number of piperazine rings is 1. The number of amides is 1. The highest BCUT2D eigenvalue weighted by atomic mass is 35.5. The molecule has 2 N–H and O–H groups in total. The van der Waals surface area contributed by atoms with E-state index in [2.05, 4.69) is 4.90 Å². The van der Waals surface area contributed by atoms with Crippen LogP contribution in [0.25, 0.3) is 5.52 Å². The van der Waals surface area contributed by atoms with E-state index < -0.39 is 0 Å². The average Bonchev–Trinajstić information content (AvgIpc) is 2.80. The average molecular weight is 459 g/mol. The molecule has 0 saturated carbocycles. The zero-order valence-electron chi connectivity index (χ0n) is 17.0. The summed E-state index contributed by atoms with van der Waals surface area (Å²) in [5.41, 5.74) is 8.44. The van der Waals surface area contributed by atoms with Crippen molar-refractivity contribution in [1.82, 2.24) is 9.30 Å². The number of aromatic nitrogens is 1. The van der Waals surface area contributed by atoms with Gasteiger partial charge in [-0.2, -0.15) is 0 Å². The number of fused-ring (bicyclic) bond motifs is 1. The SMILES string of the molecule is NCCC(C(=O)N1CCN(c2ccc(=O)n3ccccc23)CC1)c1ccc(Cl)c(Cl)c1. The van der Waals surface area contributed by atoms with Crippen LogP contribution in [0.1, 0.15) is 17.9 Å². The number of halogens is 2. The van der Waals surface area contributed by atoms with Crippen molar-refractivity contribution in [2.45, 2.75) is 12.3 Å². The lowest BCUT2D eigenvalue weighted by molar-refractivity contribution is -0.133. The molecule has 0 bridgehead atoms. The summed E-state index contributed by atoms with van der Waals surface area (Å²) in [6.07, 6.45) is 2.32. The molecule has 2 aromatic heterocycles. The second kappa shape index (κ2) is 9.30. The minimum atomic E-state index is -0.345. The second-order valence-electron chi connectivity index (χ2n) is 7.63. The molecule has 31 heavy (non-hydrogen) atoms. The highest BCUT2D eigenvalue weighted by Crippen LogP contribution is 2.30. The van der Waals surface area contributed by atoms with Gasteiger partial charge in [0.1, 0.15) is 0 Å². The summed E-state index contributed by atoms with van der Waals surface area (Å²) < 4.78 is 1.65. The minimum absolute atomic E-state index is 0.0534. The maximum atomic E-state index is 13.3. The first-order valence-electron chi connectivity index (χ1n) is 10.3. The van der Waals surface area contributed by atoms with E-state index in [4.69, 9.17) is 28.9 Å². The molecule has 1 aromatic carbocycles. The summed E-state index contributed by atoms with van der Waals surface area (Å²) in [5.74, 6) is -0.292. The Morgan fingerprint density at radius 2 is 1.77 bits per heavy atom. The Kier molecular flexibility index (Phi) is 6.51. The third-order valence-electron chi connectivity index (χ3n) is 5.78. The number of nitrogens with zero attached hydrogens (tertiary/aromatic N) is 3. The van der Waals surface area contributed by atoms with Gasteiger partial charge in [-0.25, -0.2) is 0 Å². The van der Waals surface area contributed by atoms with Gasteiger partial charge in [0.05, 0.1) is 27.2 Å². The van der Waals surface area contributed by atoms with Crippen molar-refractivity contribution in [1.29, 1.82) is 0 Å². The predicted octanol–water partition coefficient (Wildman–Crippen LogP) is 3.39. The minimum Gasteiger partial charge on any atom is -0.366 e. The lowest BCUT2D eigenvalue weighted by atomic mass is 9.94. The van der Waals surface area contributed by atoms with Crippen molar-refractivity contribution in [3.63, 3.8) is 0 Å². The summed E-state index contributed by atoms with van der Waals surface area (Å²) in [6.45, 7) is 2.97. The van der Waals surface area contributed by atoms with Crippen LogP contribution in [0.5, 0.6) is 0 Å². The van der Waals surface area contributed by atoms with Crippen LogP contribution < -0.4 is 16.2 Å². The van der Waals surface area contributed by atoms with Gasteiger partial charge in [0.2, 0.25) is 5.91 Å². The van der Waals surface area contributed by atoms with Crippen molar-refractivity contribution in [3.05, 3.63) is 80.7 Å². The molecule has 1 amide bonds. The van der Waals surface area contributed by atoms with Gasteiger partial charge in [0, 0.05) is 38.4 Å². The third-order valence-corrected chi connectivity index (χ3v) is 6.51. The Morgan fingerprint density at radius 3 is 2.48 bits per heavy atom. The van der Waals surface area contributed by atoms with Crippen molar-refractivity contribution in [2.24, 2.45) is 5.73 Å². The first-order chi connectivity index (χ1) is 15.0. The van der Waals surface area contributed by atoms with Crippen LogP contribution in [0, 0.1) is 0 Å². The number of hydrogen-bond acceptors (Lipinski definition) is 4. The molecule has 1 unspecified atom stereocenters. The van der Waals surface area contributed by atoms with Crippen LogP contribution in [0.15, 0.2) is 59.5 Å². The zero-order valence-corrected chi connectivity index (χ0v) is 18.5. The van der Waals surface area contributed by atoms with Gasteiger partial charge in [-0.15, -0.1) is 0 Å². The summed E-state index contributed by atoms with van der Waals surface area (Å²) >= 11 is 12.2. The largest absolute Gasteiger partial charge is 0.366 e. The Bertz CT molecular complexity index is 1160. The molecular formula is C23H24Cl2N4O2. The standard InChI is InChI=1S/C23H24Cl2N4O2/c24-18-5-4-16(15-19(18)25)17(8-9-26)23(31)28-13-11-27(12-14-28)20-6-7-22(30)29-10-2-1-3-21(20)29/h1-7,10,15,17H,8-9,11-14,26H2. The van der Waals surface area contributed by atoms with Gasteiger partial charge in [-0.05, 0) is 48.9 Å². The molecule has 1 aliphatic heterocycles. The van der Waals surface area contributed by atoms with E-state index in [-0.39, 0.29) is 17.4 Å². The van der Waals surface area contributed by atoms with E-state index in [9.17, 15) is 9.59 Å². The number of benzene rings is 1. The van der Waals surface area contributed by atoms with Crippen LogP contribution in [-0.2, 0) is 4.79 Å². The molecule has 6 nitrogen and oxygen atoms in total. The van der Waals surface area contributed by atoms with Crippen LogP contribution in [0.2, 0.25) is 10.0 Å². The fourth-order valence-electron chi connectivity index (χ4n) is 4.14. The monoisotopic (exact) mass is 458 g/mol. The molecule has 3 aromatic rings. The molecule has 3 heterocycles. The Hall–Kier alpha value is -2.54. The predicted molar refractivity (Wildman–Crippen MR) is 125 cm³/mol. The van der Waals surface area contributed by atoms with Crippen molar-refractivity contribution in [2.75, 3.05) is 37.6 Å². The number of carbonyl (C=O) groups is 1. The molecule has 1 saturated heterocycles. The number of hydrogen-bond donors (Lipinski definition) is 1. The molecule has 1 aliphatic rings. The zero-order chi connectivity index (χ0) is 22.0. The van der Waals surface area contributed by atoms with Crippen LogP contribution in [-0.4, -0.2) is 47.9 Å². The highest BCUT2D eigenvalue weighted by molar-refractivity contribution is 6.42. The van der Waals surface area contributed by atoms with Gasteiger partial charge < -0.3 is 15.5 Å². The van der Waals surface area contributed by atoms with E-state index in [1.54, 1.807) is 28.8 Å².